The maximum absolute atomic E-state index is 13.2. The Morgan fingerprint density at radius 1 is 0.829 bits per heavy atom. The number of nitrogens with one attached hydrogen (secondary N) is 3. The lowest BCUT2D eigenvalue weighted by Crippen LogP contribution is -2.58. The first-order valence-electron chi connectivity index (χ1n) is 12.8. The lowest BCUT2D eigenvalue weighted by Gasteiger charge is -2.30. The predicted molar refractivity (Wildman–Crippen MR) is 135 cm³/mol. The molecular formula is C25H48N4O6. The Bertz CT molecular complexity index is 668. The number of ether oxygens (including phenoxy) is 1. The van der Waals surface area contributed by atoms with Crippen molar-refractivity contribution in [3.8, 4) is 0 Å². The van der Waals surface area contributed by atoms with E-state index in [9.17, 15) is 24.3 Å². The van der Waals surface area contributed by atoms with Gasteiger partial charge in [-0.1, -0.05) is 48.0 Å². The van der Waals surface area contributed by atoms with Crippen molar-refractivity contribution in [2.45, 2.75) is 105 Å². The largest absolute Gasteiger partial charge is 0.466 e. The molecule has 10 heteroatoms. The molecule has 0 rings (SSSR count). The fourth-order valence-electron chi connectivity index (χ4n) is 3.59. The molecule has 6 N–H and O–H groups in total. The Balaban J connectivity index is 5.45. The zero-order valence-corrected chi connectivity index (χ0v) is 22.6. The Labute approximate surface area is 210 Å². The van der Waals surface area contributed by atoms with Gasteiger partial charge in [-0.05, 0) is 44.1 Å². The van der Waals surface area contributed by atoms with E-state index < -0.39 is 42.0 Å². The van der Waals surface area contributed by atoms with Gasteiger partial charge in [0, 0.05) is 6.42 Å². The molecule has 0 fully saturated rings. The Kier molecular flexibility index (Phi) is 16.2. The fraction of sp³-hybridized carbons (Fsp3) is 0.840. The highest BCUT2D eigenvalue weighted by atomic mass is 16.5. The van der Waals surface area contributed by atoms with Crippen LogP contribution >= 0.6 is 0 Å². The van der Waals surface area contributed by atoms with E-state index in [-0.39, 0.29) is 36.7 Å². The van der Waals surface area contributed by atoms with Gasteiger partial charge in [0.25, 0.3) is 0 Å². The maximum atomic E-state index is 13.2. The van der Waals surface area contributed by atoms with Crippen LogP contribution in [0.15, 0.2) is 0 Å². The van der Waals surface area contributed by atoms with Gasteiger partial charge in [0.05, 0.1) is 25.2 Å². The van der Waals surface area contributed by atoms with Crippen LogP contribution in [-0.4, -0.2) is 66.2 Å². The summed E-state index contributed by atoms with van der Waals surface area (Å²) in [5.74, 6) is -1.98. The van der Waals surface area contributed by atoms with E-state index in [2.05, 4.69) is 16.0 Å². The number of aliphatic hydroxyl groups excluding tert-OH is 1. The summed E-state index contributed by atoms with van der Waals surface area (Å²) < 4.78 is 4.91. The average molecular weight is 501 g/mol. The van der Waals surface area contributed by atoms with Gasteiger partial charge in [0.1, 0.15) is 12.1 Å². The zero-order valence-electron chi connectivity index (χ0n) is 22.6. The second kappa shape index (κ2) is 17.3. The zero-order chi connectivity index (χ0) is 27.1. The number of unbranched alkanes of at least 4 members (excludes halogenated alkanes) is 1. The molecule has 0 saturated heterocycles. The first kappa shape index (κ1) is 32.8. The van der Waals surface area contributed by atoms with E-state index in [0.717, 1.165) is 0 Å². The van der Waals surface area contributed by atoms with Crippen LogP contribution in [0.3, 0.4) is 0 Å². The molecule has 204 valence electrons. The summed E-state index contributed by atoms with van der Waals surface area (Å²) in [6.45, 7) is 13.4. The molecule has 0 spiro atoms. The Morgan fingerprint density at radius 3 is 1.86 bits per heavy atom. The van der Waals surface area contributed by atoms with E-state index in [1.165, 1.54) is 0 Å². The topological polar surface area (TPSA) is 160 Å². The van der Waals surface area contributed by atoms with Gasteiger partial charge >= 0.3 is 5.97 Å². The van der Waals surface area contributed by atoms with Crippen molar-refractivity contribution in [1.29, 1.82) is 0 Å². The molecular weight excluding hydrogens is 452 g/mol. The van der Waals surface area contributed by atoms with Crippen molar-refractivity contribution in [3.05, 3.63) is 0 Å². The minimum Gasteiger partial charge on any atom is -0.466 e. The SMILES string of the molecule is CCOC(=O)C[C@H](O)[C@H](CCCCN)NC(=O)[C@H](NC(=O)C(NC(=O)CC(C)C)C(C)C)C(C)C. The molecule has 0 aromatic carbocycles. The van der Waals surface area contributed by atoms with E-state index >= 15 is 0 Å². The minimum absolute atomic E-state index is 0.150. The molecule has 0 aromatic rings. The number of aliphatic hydroxyl groups is 1. The molecule has 0 heterocycles. The van der Waals surface area contributed by atoms with Crippen LogP contribution < -0.4 is 21.7 Å². The third-order valence-electron chi connectivity index (χ3n) is 5.55. The second-order valence-corrected chi connectivity index (χ2v) is 10.1. The number of esters is 1. The average Bonchev–Trinajstić information content (AvgIpc) is 2.74. The molecule has 1 unspecified atom stereocenters. The molecule has 0 saturated carbocycles. The van der Waals surface area contributed by atoms with Crippen molar-refractivity contribution in [1.82, 2.24) is 16.0 Å². The van der Waals surface area contributed by atoms with Crippen molar-refractivity contribution in [3.63, 3.8) is 0 Å². The second-order valence-electron chi connectivity index (χ2n) is 10.1. The van der Waals surface area contributed by atoms with Gasteiger partial charge < -0.3 is 31.5 Å². The molecule has 10 nitrogen and oxygen atoms in total. The van der Waals surface area contributed by atoms with Crippen LogP contribution in [-0.2, 0) is 23.9 Å². The molecule has 35 heavy (non-hydrogen) atoms. The van der Waals surface area contributed by atoms with Gasteiger partial charge in [0.15, 0.2) is 0 Å². The molecule has 3 amide bonds. The third kappa shape index (κ3) is 13.5. The van der Waals surface area contributed by atoms with Crippen LogP contribution in [0.1, 0.15) is 80.6 Å². The monoisotopic (exact) mass is 500 g/mol. The Morgan fingerprint density at radius 2 is 1.37 bits per heavy atom. The summed E-state index contributed by atoms with van der Waals surface area (Å²) >= 11 is 0. The molecule has 4 atom stereocenters. The first-order valence-corrected chi connectivity index (χ1v) is 12.8. The summed E-state index contributed by atoms with van der Waals surface area (Å²) in [7, 11) is 0. The molecule has 0 aliphatic heterocycles. The van der Waals surface area contributed by atoms with Gasteiger partial charge in [-0.15, -0.1) is 0 Å². The number of hydrogen-bond acceptors (Lipinski definition) is 7. The van der Waals surface area contributed by atoms with Crippen molar-refractivity contribution in [2.75, 3.05) is 13.2 Å². The van der Waals surface area contributed by atoms with Crippen LogP contribution in [0.25, 0.3) is 0 Å². The van der Waals surface area contributed by atoms with E-state index in [0.29, 0.717) is 32.2 Å². The minimum atomic E-state index is -1.14. The van der Waals surface area contributed by atoms with E-state index in [4.69, 9.17) is 10.5 Å². The summed E-state index contributed by atoms with van der Waals surface area (Å²) in [5.41, 5.74) is 5.57. The van der Waals surface area contributed by atoms with Crippen LogP contribution in [0.4, 0.5) is 0 Å². The number of carbonyl (C=O) groups is 4. The quantitative estimate of drug-likeness (QED) is 0.148. The normalized spacial score (nSPS) is 14.9. The lowest BCUT2D eigenvalue weighted by atomic mass is 9.97. The highest BCUT2D eigenvalue weighted by molar-refractivity contribution is 5.92. The lowest BCUT2D eigenvalue weighted by molar-refractivity contribution is -0.146. The number of rotatable bonds is 17. The highest BCUT2D eigenvalue weighted by Crippen LogP contribution is 2.12. The van der Waals surface area contributed by atoms with Crippen LogP contribution in [0.5, 0.6) is 0 Å². The molecule has 0 aliphatic carbocycles. The van der Waals surface area contributed by atoms with Gasteiger partial charge in [0.2, 0.25) is 17.7 Å². The number of amides is 3. The number of nitrogens with two attached hydrogens (primary N) is 1. The predicted octanol–water partition coefficient (Wildman–Crippen LogP) is 1.24. The third-order valence-corrected chi connectivity index (χ3v) is 5.55. The summed E-state index contributed by atoms with van der Waals surface area (Å²) in [5, 5.41) is 19.0. The highest BCUT2D eigenvalue weighted by Gasteiger charge is 2.32. The number of hydrogen-bond donors (Lipinski definition) is 5. The van der Waals surface area contributed by atoms with Crippen molar-refractivity contribution in [2.24, 2.45) is 23.5 Å². The first-order chi connectivity index (χ1) is 16.3. The summed E-state index contributed by atoms with van der Waals surface area (Å²) in [4.78, 5) is 50.3. The molecule has 0 aromatic heterocycles. The number of carbonyl (C=O) groups excluding carboxylic acids is 4. The van der Waals surface area contributed by atoms with Gasteiger partial charge in [-0.2, -0.15) is 0 Å². The fourth-order valence-corrected chi connectivity index (χ4v) is 3.59. The standard InChI is InChI=1S/C25H48N4O6/c1-8-35-21(32)14-19(30)18(11-9-10-12-26)27-24(33)23(17(6)7)29-25(34)22(16(4)5)28-20(31)13-15(2)3/h15-19,22-23,30H,8-14,26H2,1-7H3,(H,27,33)(H,28,31)(H,29,34)/t18-,19-,22?,23+/m0/s1. The molecule has 0 aliphatic rings. The summed E-state index contributed by atoms with van der Waals surface area (Å²) in [6, 6.07) is -2.38. The van der Waals surface area contributed by atoms with Gasteiger partial charge in [-0.3, -0.25) is 19.2 Å². The molecule has 0 radical (unpaired) electrons. The molecule has 0 bridgehead atoms. The smallest absolute Gasteiger partial charge is 0.308 e. The van der Waals surface area contributed by atoms with Crippen LogP contribution in [0, 0.1) is 17.8 Å². The van der Waals surface area contributed by atoms with E-state index in [1.807, 2.05) is 27.7 Å². The van der Waals surface area contributed by atoms with Crippen molar-refractivity contribution >= 4 is 23.7 Å². The summed E-state index contributed by atoms with van der Waals surface area (Å²) in [6.07, 6.45) is 0.678. The Hall–Kier alpha value is -2.20. The van der Waals surface area contributed by atoms with Crippen LogP contribution in [0.2, 0.25) is 0 Å². The van der Waals surface area contributed by atoms with E-state index in [1.54, 1.807) is 20.8 Å². The maximum Gasteiger partial charge on any atom is 0.308 e. The van der Waals surface area contributed by atoms with Gasteiger partial charge in [-0.25, -0.2) is 0 Å². The van der Waals surface area contributed by atoms with Crippen molar-refractivity contribution < 1.29 is 29.0 Å².